The van der Waals surface area contributed by atoms with Gasteiger partial charge in [0, 0.05) is 11.8 Å². The molecule has 0 aliphatic heterocycles. The van der Waals surface area contributed by atoms with Crippen molar-refractivity contribution >= 4 is 24.1 Å². The zero-order chi connectivity index (χ0) is 11.3. The van der Waals surface area contributed by atoms with Crippen molar-refractivity contribution < 1.29 is 14.3 Å². The smallest absolute Gasteiger partial charge is 0.339 e. The lowest BCUT2D eigenvalue weighted by Crippen LogP contribution is -2.04. The molecule has 0 radical (unpaired) electrons. The van der Waals surface area contributed by atoms with Gasteiger partial charge in [-0.3, -0.25) is 4.79 Å². The van der Waals surface area contributed by atoms with Crippen LogP contribution >= 0.6 is 0 Å². The maximum absolute atomic E-state index is 11.2. The van der Waals surface area contributed by atoms with Gasteiger partial charge in [-0.15, -0.1) is 0 Å². The number of rotatable bonds is 3. The van der Waals surface area contributed by atoms with Gasteiger partial charge in [0.1, 0.15) is 12.1 Å². The van der Waals surface area contributed by atoms with Crippen LogP contribution in [0, 0.1) is 0 Å². The second-order valence-corrected chi connectivity index (χ2v) is 2.69. The summed E-state index contributed by atoms with van der Waals surface area (Å²) in [4.78, 5) is 25.1. The third kappa shape index (κ3) is 2.63. The van der Waals surface area contributed by atoms with Crippen LogP contribution in [0.2, 0.25) is 0 Å². The maximum atomic E-state index is 11.2. The predicted molar refractivity (Wildman–Crippen MR) is 55.1 cm³/mol. The van der Waals surface area contributed by atoms with E-state index in [1.54, 1.807) is 0 Å². The Morgan fingerprint density at radius 2 is 2.33 bits per heavy atom. The standard InChI is InChI=1S/C10H10N2O3/c1-15-10(14)8-5-7(3-2-4-13)9(11)12-6-8/h2-6H,1H3,(H2,11,12). The number of aromatic nitrogens is 1. The van der Waals surface area contributed by atoms with Crippen LogP contribution in [0.1, 0.15) is 15.9 Å². The molecular formula is C10H10N2O3. The Morgan fingerprint density at radius 1 is 1.60 bits per heavy atom. The first-order valence-electron chi connectivity index (χ1n) is 4.14. The number of pyridine rings is 1. The highest BCUT2D eigenvalue weighted by molar-refractivity contribution is 5.90. The van der Waals surface area contributed by atoms with E-state index in [-0.39, 0.29) is 11.4 Å². The maximum Gasteiger partial charge on any atom is 0.339 e. The lowest BCUT2D eigenvalue weighted by molar-refractivity contribution is -0.104. The molecule has 0 bridgehead atoms. The molecule has 0 aromatic carbocycles. The van der Waals surface area contributed by atoms with Gasteiger partial charge < -0.3 is 10.5 Å². The number of aldehydes is 1. The van der Waals surface area contributed by atoms with Gasteiger partial charge in [0.25, 0.3) is 0 Å². The van der Waals surface area contributed by atoms with Gasteiger partial charge in [0.2, 0.25) is 0 Å². The van der Waals surface area contributed by atoms with Crippen molar-refractivity contribution in [1.29, 1.82) is 0 Å². The van der Waals surface area contributed by atoms with Gasteiger partial charge >= 0.3 is 5.97 Å². The molecular weight excluding hydrogens is 196 g/mol. The van der Waals surface area contributed by atoms with E-state index in [1.807, 2.05) is 0 Å². The molecule has 1 heterocycles. The second kappa shape index (κ2) is 4.90. The zero-order valence-corrected chi connectivity index (χ0v) is 8.14. The minimum absolute atomic E-state index is 0.251. The van der Waals surface area contributed by atoms with Crippen LogP contribution in [0.25, 0.3) is 6.08 Å². The Labute approximate surface area is 86.6 Å². The first-order chi connectivity index (χ1) is 7.19. The number of carbonyl (C=O) groups excluding carboxylic acids is 2. The number of esters is 1. The quantitative estimate of drug-likeness (QED) is 0.446. The van der Waals surface area contributed by atoms with Crippen LogP contribution in [0.15, 0.2) is 18.3 Å². The van der Waals surface area contributed by atoms with Crippen molar-refractivity contribution in [3.63, 3.8) is 0 Å². The van der Waals surface area contributed by atoms with Crippen molar-refractivity contribution in [3.05, 3.63) is 29.5 Å². The topological polar surface area (TPSA) is 82.3 Å². The fourth-order valence-electron chi connectivity index (χ4n) is 0.998. The van der Waals surface area contributed by atoms with Crippen LogP contribution in [0.3, 0.4) is 0 Å². The summed E-state index contributed by atoms with van der Waals surface area (Å²) >= 11 is 0. The van der Waals surface area contributed by atoms with Crippen molar-refractivity contribution in [2.75, 3.05) is 12.8 Å². The number of allylic oxidation sites excluding steroid dienone is 1. The third-order valence-corrected chi connectivity index (χ3v) is 1.72. The fourth-order valence-corrected chi connectivity index (χ4v) is 0.998. The summed E-state index contributed by atoms with van der Waals surface area (Å²) in [6.45, 7) is 0. The minimum atomic E-state index is -0.497. The van der Waals surface area contributed by atoms with Crippen molar-refractivity contribution in [2.24, 2.45) is 0 Å². The zero-order valence-electron chi connectivity index (χ0n) is 8.14. The number of ether oxygens (including phenoxy) is 1. The highest BCUT2D eigenvalue weighted by Gasteiger charge is 2.07. The monoisotopic (exact) mass is 206 g/mol. The summed E-state index contributed by atoms with van der Waals surface area (Å²) in [5, 5.41) is 0. The molecule has 1 rings (SSSR count). The molecule has 0 saturated heterocycles. The van der Waals surface area contributed by atoms with E-state index in [0.29, 0.717) is 11.8 Å². The van der Waals surface area contributed by atoms with E-state index >= 15 is 0 Å². The average molecular weight is 206 g/mol. The number of nitrogen functional groups attached to an aromatic ring is 1. The van der Waals surface area contributed by atoms with Crippen LogP contribution in [0.4, 0.5) is 5.82 Å². The summed E-state index contributed by atoms with van der Waals surface area (Å²) < 4.78 is 4.52. The molecule has 0 aliphatic rings. The molecule has 15 heavy (non-hydrogen) atoms. The van der Waals surface area contributed by atoms with Gasteiger partial charge in [0.05, 0.1) is 12.7 Å². The number of hydrogen-bond donors (Lipinski definition) is 1. The lowest BCUT2D eigenvalue weighted by Gasteiger charge is -2.02. The molecule has 0 fully saturated rings. The van der Waals surface area contributed by atoms with Crippen LogP contribution in [-0.4, -0.2) is 24.3 Å². The van der Waals surface area contributed by atoms with E-state index in [9.17, 15) is 9.59 Å². The van der Waals surface area contributed by atoms with E-state index < -0.39 is 5.97 Å². The number of nitrogens with zero attached hydrogens (tertiary/aromatic N) is 1. The van der Waals surface area contributed by atoms with E-state index in [0.717, 1.165) is 0 Å². The summed E-state index contributed by atoms with van der Waals surface area (Å²) in [6.07, 6.45) is 4.68. The summed E-state index contributed by atoms with van der Waals surface area (Å²) in [5.74, 6) is -0.246. The number of hydrogen-bond acceptors (Lipinski definition) is 5. The molecule has 0 spiro atoms. The number of carbonyl (C=O) groups is 2. The van der Waals surface area contributed by atoms with Gasteiger partial charge in [-0.25, -0.2) is 9.78 Å². The first-order valence-corrected chi connectivity index (χ1v) is 4.14. The van der Waals surface area contributed by atoms with Crippen LogP contribution in [0.5, 0.6) is 0 Å². The van der Waals surface area contributed by atoms with Crippen LogP contribution < -0.4 is 5.73 Å². The Bertz CT molecular complexity index is 413. The molecule has 78 valence electrons. The average Bonchev–Trinajstić information content (AvgIpc) is 2.27. The molecule has 0 amide bonds. The highest BCUT2D eigenvalue weighted by Crippen LogP contribution is 2.13. The highest BCUT2D eigenvalue weighted by atomic mass is 16.5. The molecule has 0 atom stereocenters. The van der Waals surface area contributed by atoms with E-state index in [2.05, 4.69) is 9.72 Å². The van der Waals surface area contributed by atoms with Gasteiger partial charge in [0.15, 0.2) is 0 Å². The fraction of sp³-hybridized carbons (Fsp3) is 0.100. The molecule has 5 nitrogen and oxygen atoms in total. The number of methoxy groups -OCH3 is 1. The van der Waals surface area contributed by atoms with Gasteiger partial charge in [-0.05, 0) is 18.2 Å². The Hall–Kier alpha value is -2.17. The summed E-state index contributed by atoms with van der Waals surface area (Å²) in [7, 11) is 1.28. The molecule has 5 heteroatoms. The summed E-state index contributed by atoms with van der Waals surface area (Å²) in [6, 6.07) is 1.51. The van der Waals surface area contributed by atoms with E-state index in [4.69, 9.17) is 5.73 Å². The van der Waals surface area contributed by atoms with Crippen molar-refractivity contribution in [3.8, 4) is 0 Å². The lowest BCUT2D eigenvalue weighted by atomic mass is 10.2. The third-order valence-electron chi connectivity index (χ3n) is 1.72. The number of anilines is 1. The normalized spacial score (nSPS) is 10.2. The molecule has 2 N–H and O–H groups in total. The number of nitrogens with two attached hydrogens (primary N) is 1. The minimum Gasteiger partial charge on any atom is -0.465 e. The molecule has 0 saturated carbocycles. The molecule has 1 aromatic rings. The largest absolute Gasteiger partial charge is 0.465 e. The predicted octanol–water partition coefficient (Wildman–Crippen LogP) is 0.663. The summed E-state index contributed by atoms with van der Waals surface area (Å²) in [5.41, 5.74) is 6.34. The van der Waals surface area contributed by atoms with Gasteiger partial charge in [-0.2, -0.15) is 0 Å². The SMILES string of the molecule is COC(=O)c1cnc(N)c(C=CC=O)c1. The Kier molecular flexibility index (Phi) is 3.56. The van der Waals surface area contributed by atoms with Crippen molar-refractivity contribution in [2.45, 2.75) is 0 Å². The Morgan fingerprint density at radius 3 is 2.93 bits per heavy atom. The van der Waals surface area contributed by atoms with E-state index in [1.165, 1.54) is 31.5 Å². The molecule has 0 unspecified atom stereocenters. The molecule has 0 aliphatic carbocycles. The first kappa shape index (κ1) is 10.9. The Balaban J connectivity index is 3.10. The molecule has 1 aromatic heterocycles. The van der Waals surface area contributed by atoms with Crippen LogP contribution in [-0.2, 0) is 9.53 Å². The second-order valence-electron chi connectivity index (χ2n) is 2.69. The van der Waals surface area contributed by atoms with Crippen molar-refractivity contribution in [1.82, 2.24) is 4.98 Å². The van der Waals surface area contributed by atoms with Gasteiger partial charge in [-0.1, -0.05) is 0 Å².